The number of thiazole rings is 1. The first-order valence-corrected chi connectivity index (χ1v) is 8.62. The second-order valence-electron chi connectivity index (χ2n) is 5.18. The standard InChI is InChI=1S/C15H11N7O2S2/c1-22(11-7-6-10-13(17-11)26-14(25)16-10)15(23)24-9-4-2-8(3-5-9)12-18-20-21-19-12/h2-7H,1H3,(H,16,25)(H,18,19,20,21). The van der Waals surface area contributed by atoms with Crippen LogP contribution in [0.2, 0.25) is 0 Å². The summed E-state index contributed by atoms with van der Waals surface area (Å²) in [5, 5.41) is 13.7. The van der Waals surface area contributed by atoms with E-state index in [0.29, 0.717) is 26.6 Å². The van der Waals surface area contributed by atoms with Gasteiger partial charge in [-0.3, -0.25) is 4.90 Å². The number of hydrogen-bond acceptors (Lipinski definition) is 9. The first-order chi connectivity index (χ1) is 12.6. The van der Waals surface area contributed by atoms with Crippen molar-refractivity contribution in [1.29, 1.82) is 0 Å². The van der Waals surface area contributed by atoms with Crippen LogP contribution in [0.25, 0.3) is 21.7 Å². The van der Waals surface area contributed by atoms with E-state index in [1.165, 1.54) is 16.2 Å². The smallest absolute Gasteiger partial charge is 0.410 e. The Morgan fingerprint density at radius 2 is 2.00 bits per heavy atom. The highest BCUT2D eigenvalue weighted by molar-refractivity contribution is 7.82. The van der Waals surface area contributed by atoms with Crippen molar-refractivity contribution in [2.75, 3.05) is 11.9 Å². The van der Waals surface area contributed by atoms with Crippen molar-refractivity contribution in [3.8, 4) is 17.1 Å². The molecule has 0 bridgehead atoms. The highest BCUT2D eigenvalue weighted by Crippen LogP contribution is 2.25. The van der Waals surface area contributed by atoms with Gasteiger partial charge in [-0.05, 0) is 41.6 Å². The van der Waals surface area contributed by atoms with Gasteiger partial charge in [-0.15, -0.1) is 22.8 Å². The zero-order chi connectivity index (χ0) is 18.1. The molecule has 0 unspecified atom stereocenters. The zero-order valence-electron chi connectivity index (χ0n) is 13.3. The van der Waals surface area contributed by atoms with Crippen LogP contribution in [-0.2, 0) is 0 Å². The minimum atomic E-state index is -0.556. The molecule has 4 aromatic rings. The number of carbonyl (C=O) groups excluding carboxylic acids is 1. The van der Waals surface area contributed by atoms with E-state index in [4.69, 9.17) is 4.74 Å². The van der Waals surface area contributed by atoms with Crippen LogP contribution in [0.1, 0.15) is 0 Å². The summed E-state index contributed by atoms with van der Waals surface area (Å²) in [6.07, 6.45) is -0.556. The lowest BCUT2D eigenvalue weighted by Gasteiger charge is -2.15. The number of aromatic amines is 1. The molecule has 0 saturated carbocycles. The number of hydrogen-bond donors (Lipinski definition) is 2. The molecular formula is C15H11N7O2S2. The average molecular weight is 385 g/mol. The Bertz CT molecular complexity index is 1060. The fraction of sp³-hybridized carbons (Fsp3) is 0.0667. The molecule has 0 radical (unpaired) electrons. The highest BCUT2D eigenvalue weighted by atomic mass is 32.2. The van der Waals surface area contributed by atoms with Crippen LogP contribution < -0.4 is 9.64 Å². The Balaban J connectivity index is 1.49. The Hall–Kier alpha value is -3.05. The number of nitrogens with one attached hydrogen (secondary N) is 1. The van der Waals surface area contributed by atoms with Gasteiger partial charge in [0.2, 0.25) is 5.82 Å². The van der Waals surface area contributed by atoms with E-state index in [9.17, 15) is 4.79 Å². The lowest BCUT2D eigenvalue weighted by Crippen LogP contribution is -2.30. The van der Waals surface area contributed by atoms with Gasteiger partial charge in [0.1, 0.15) is 26.3 Å². The number of benzene rings is 1. The Morgan fingerprint density at radius 1 is 1.19 bits per heavy atom. The molecule has 26 heavy (non-hydrogen) atoms. The molecule has 3 heterocycles. The predicted molar refractivity (Wildman–Crippen MR) is 98.7 cm³/mol. The van der Waals surface area contributed by atoms with Gasteiger partial charge in [-0.1, -0.05) is 11.3 Å². The Morgan fingerprint density at radius 3 is 2.73 bits per heavy atom. The molecule has 1 amide bonds. The number of aromatic nitrogens is 6. The molecule has 0 aliphatic rings. The summed E-state index contributed by atoms with van der Waals surface area (Å²) in [6, 6.07) is 10.3. The number of amides is 1. The van der Waals surface area contributed by atoms with E-state index in [0.717, 1.165) is 11.1 Å². The monoisotopic (exact) mass is 385 g/mol. The van der Waals surface area contributed by atoms with Crippen molar-refractivity contribution in [3.05, 3.63) is 36.4 Å². The third-order valence-corrected chi connectivity index (χ3v) is 4.65. The van der Waals surface area contributed by atoms with E-state index in [1.807, 2.05) is 0 Å². The lowest BCUT2D eigenvalue weighted by molar-refractivity contribution is 0.209. The van der Waals surface area contributed by atoms with Gasteiger partial charge < -0.3 is 4.74 Å². The molecular weight excluding hydrogens is 374 g/mol. The molecule has 9 nitrogen and oxygen atoms in total. The van der Waals surface area contributed by atoms with Crippen molar-refractivity contribution in [3.63, 3.8) is 0 Å². The SMILES string of the molecule is CN(C(=O)Oc1ccc(-c2nn[nH]n2)cc1)c1ccc2nc(S)sc2n1. The van der Waals surface area contributed by atoms with Crippen LogP contribution in [0.5, 0.6) is 5.75 Å². The molecule has 0 spiro atoms. The molecule has 0 aliphatic heterocycles. The summed E-state index contributed by atoms with van der Waals surface area (Å²) in [6.45, 7) is 0. The topological polar surface area (TPSA) is 110 Å². The van der Waals surface area contributed by atoms with Gasteiger partial charge in [-0.2, -0.15) is 5.21 Å². The van der Waals surface area contributed by atoms with Crippen LogP contribution in [0.3, 0.4) is 0 Å². The van der Waals surface area contributed by atoms with E-state index >= 15 is 0 Å². The molecule has 0 aliphatic carbocycles. The first kappa shape index (κ1) is 16.4. The number of tetrazole rings is 1. The summed E-state index contributed by atoms with van der Waals surface area (Å²) in [5.74, 6) is 1.32. The number of anilines is 1. The van der Waals surface area contributed by atoms with E-state index in [2.05, 4.69) is 43.2 Å². The molecule has 0 saturated heterocycles. The number of ether oxygens (including phenoxy) is 1. The quantitative estimate of drug-likeness (QED) is 0.522. The minimum absolute atomic E-state index is 0.394. The maximum Gasteiger partial charge on any atom is 0.420 e. The van der Waals surface area contributed by atoms with Gasteiger partial charge in [-0.25, -0.2) is 14.8 Å². The van der Waals surface area contributed by atoms with Crippen LogP contribution in [-0.4, -0.2) is 43.7 Å². The van der Waals surface area contributed by atoms with Crippen LogP contribution >= 0.6 is 24.0 Å². The third-order valence-electron chi connectivity index (χ3n) is 3.51. The Kier molecular flexibility index (Phi) is 4.22. The molecule has 4 rings (SSSR count). The van der Waals surface area contributed by atoms with Gasteiger partial charge >= 0.3 is 6.09 Å². The predicted octanol–water partition coefficient (Wildman–Crippen LogP) is 2.80. The summed E-state index contributed by atoms with van der Waals surface area (Å²) < 4.78 is 6.00. The van der Waals surface area contributed by atoms with Gasteiger partial charge in [0.05, 0.1) is 0 Å². The summed E-state index contributed by atoms with van der Waals surface area (Å²) in [4.78, 5) is 23.0. The molecule has 1 aromatic carbocycles. The highest BCUT2D eigenvalue weighted by Gasteiger charge is 2.16. The summed E-state index contributed by atoms with van der Waals surface area (Å²) in [7, 11) is 1.59. The first-order valence-electron chi connectivity index (χ1n) is 7.36. The average Bonchev–Trinajstić information content (AvgIpc) is 3.29. The second kappa shape index (κ2) is 6.69. The lowest BCUT2D eigenvalue weighted by atomic mass is 10.2. The fourth-order valence-electron chi connectivity index (χ4n) is 2.20. The maximum atomic E-state index is 12.4. The van der Waals surface area contributed by atoms with Crippen LogP contribution in [0.4, 0.5) is 10.6 Å². The van der Waals surface area contributed by atoms with Crippen molar-refractivity contribution in [1.82, 2.24) is 30.6 Å². The van der Waals surface area contributed by atoms with E-state index < -0.39 is 6.09 Å². The van der Waals surface area contributed by atoms with Crippen LogP contribution in [0, 0.1) is 0 Å². The van der Waals surface area contributed by atoms with Crippen molar-refractivity contribution in [2.24, 2.45) is 0 Å². The summed E-state index contributed by atoms with van der Waals surface area (Å²) >= 11 is 5.56. The van der Waals surface area contributed by atoms with Gasteiger partial charge in [0.15, 0.2) is 0 Å². The fourth-order valence-corrected chi connectivity index (χ4v) is 3.24. The number of nitrogens with zero attached hydrogens (tertiary/aromatic N) is 6. The zero-order valence-corrected chi connectivity index (χ0v) is 15.0. The summed E-state index contributed by atoms with van der Waals surface area (Å²) in [5.41, 5.74) is 1.49. The van der Waals surface area contributed by atoms with Crippen molar-refractivity contribution in [2.45, 2.75) is 4.34 Å². The van der Waals surface area contributed by atoms with Gasteiger partial charge in [0, 0.05) is 12.6 Å². The second-order valence-corrected chi connectivity index (χ2v) is 6.88. The number of fused-ring (bicyclic) bond motifs is 1. The molecule has 1 N–H and O–H groups in total. The molecule has 130 valence electrons. The largest absolute Gasteiger partial charge is 0.420 e. The van der Waals surface area contributed by atoms with E-state index in [-0.39, 0.29) is 0 Å². The number of thiol groups is 1. The van der Waals surface area contributed by atoms with Crippen molar-refractivity contribution < 1.29 is 9.53 Å². The van der Waals surface area contributed by atoms with Crippen molar-refractivity contribution >= 4 is 46.2 Å². The number of carbonyl (C=O) groups is 1. The minimum Gasteiger partial charge on any atom is -0.410 e. The maximum absolute atomic E-state index is 12.4. The normalized spacial score (nSPS) is 10.8. The number of rotatable bonds is 3. The molecule has 0 fully saturated rings. The number of pyridine rings is 1. The Labute approximate surface area is 156 Å². The number of H-pyrrole nitrogens is 1. The molecule has 0 atom stereocenters. The van der Waals surface area contributed by atoms with Gasteiger partial charge in [0.25, 0.3) is 0 Å². The van der Waals surface area contributed by atoms with E-state index in [1.54, 1.807) is 43.4 Å². The molecule has 11 heteroatoms. The molecule has 3 aromatic heterocycles. The van der Waals surface area contributed by atoms with Crippen LogP contribution in [0.15, 0.2) is 40.7 Å². The third kappa shape index (κ3) is 3.21.